The molecule has 1 aromatic carbocycles. The Labute approximate surface area is 136 Å². The largest absolute Gasteiger partial charge is 0.493 e. The number of benzene rings is 1. The maximum absolute atomic E-state index is 5.66. The van der Waals surface area contributed by atoms with Gasteiger partial charge in [0, 0.05) is 0 Å². The molecule has 0 heterocycles. The van der Waals surface area contributed by atoms with Gasteiger partial charge in [0.05, 0.1) is 6.61 Å². The van der Waals surface area contributed by atoms with Gasteiger partial charge in [-0.1, -0.05) is 63.7 Å². The standard InChI is InChI=1S/C21H32O/c1-3-5-17-22-21-15-13-20(14-16-21)12-11-19-9-7-18(6-4-2)8-10-19/h3,13-16,18-19H,1,4-12,17H2,2H3/t18-,19-. The van der Waals surface area contributed by atoms with Gasteiger partial charge < -0.3 is 4.74 Å². The topological polar surface area (TPSA) is 9.23 Å². The number of hydrogen-bond donors (Lipinski definition) is 0. The van der Waals surface area contributed by atoms with E-state index < -0.39 is 0 Å². The van der Waals surface area contributed by atoms with Gasteiger partial charge >= 0.3 is 0 Å². The van der Waals surface area contributed by atoms with Crippen LogP contribution in [-0.2, 0) is 6.42 Å². The summed E-state index contributed by atoms with van der Waals surface area (Å²) in [7, 11) is 0. The molecule has 1 aliphatic carbocycles. The van der Waals surface area contributed by atoms with Gasteiger partial charge in [-0.3, -0.25) is 0 Å². The van der Waals surface area contributed by atoms with Gasteiger partial charge in [-0.25, -0.2) is 0 Å². The van der Waals surface area contributed by atoms with Crippen molar-refractivity contribution in [2.45, 2.75) is 64.7 Å². The highest BCUT2D eigenvalue weighted by molar-refractivity contribution is 5.27. The molecule has 0 spiro atoms. The first-order valence-electron chi connectivity index (χ1n) is 9.14. The quantitative estimate of drug-likeness (QED) is 0.391. The van der Waals surface area contributed by atoms with Crippen LogP contribution in [0.4, 0.5) is 0 Å². The Bertz CT molecular complexity index is 412. The van der Waals surface area contributed by atoms with Gasteiger partial charge in [-0.2, -0.15) is 0 Å². The van der Waals surface area contributed by atoms with Gasteiger partial charge in [0.15, 0.2) is 0 Å². The molecule has 0 aliphatic heterocycles. The molecule has 0 unspecified atom stereocenters. The molecular weight excluding hydrogens is 268 g/mol. The smallest absolute Gasteiger partial charge is 0.119 e. The van der Waals surface area contributed by atoms with Crippen molar-refractivity contribution in [2.75, 3.05) is 6.61 Å². The Hall–Kier alpha value is -1.24. The predicted molar refractivity (Wildman–Crippen MR) is 95.4 cm³/mol. The first kappa shape index (κ1) is 17.1. The minimum atomic E-state index is 0.726. The lowest BCUT2D eigenvalue weighted by Crippen LogP contribution is -2.15. The van der Waals surface area contributed by atoms with E-state index in [4.69, 9.17) is 4.74 Å². The van der Waals surface area contributed by atoms with Crippen molar-refractivity contribution in [1.82, 2.24) is 0 Å². The van der Waals surface area contributed by atoms with Crippen LogP contribution in [0.1, 0.15) is 63.9 Å². The van der Waals surface area contributed by atoms with Crippen molar-refractivity contribution in [1.29, 1.82) is 0 Å². The lowest BCUT2D eigenvalue weighted by molar-refractivity contribution is 0.252. The van der Waals surface area contributed by atoms with Crippen LogP contribution in [0.25, 0.3) is 0 Å². The molecule has 1 aromatic rings. The van der Waals surface area contributed by atoms with Crippen molar-refractivity contribution in [3.63, 3.8) is 0 Å². The molecule has 0 bridgehead atoms. The molecule has 0 atom stereocenters. The second kappa shape index (κ2) is 9.71. The van der Waals surface area contributed by atoms with Gasteiger partial charge in [0.1, 0.15) is 5.75 Å². The van der Waals surface area contributed by atoms with E-state index in [1.165, 1.54) is 56.9 Å². The van der Waals surface area contributed by atoms with E-state index in [2.05, 4.69) is 37.8 Å². The molecule has 0 N–H and O–H groups in total. The Balaban J connectivity index is 1.67. The van der Waals surface area contributed by atoms with E-state index in [0.29, 0.717) is 0 Å². The van der Waals surface area contributed by atoms with Gasteiger partial charge in [0.25, 0.3) is 0 Å². The minimum absolute atomic E-state index is 0.726. The predicted octanol–water partition coefficient (Wildman–Crippen LogP) is 6.18. The summed E-state index contributed by atoms with van der Waals surface area (Å²) >= 11 is 0. The van der Waals surface area contributed by atoms with Crippen LogP contribution >= 0.6 is 0 Å². The van der Waals surface area contributed by atoms with Gasteiger partial charge in [0.2, 0.25) is 0 Å². The molecule has 122 valence electrons. The average molecular weight is 300 g/mol. The fourth-order valence-corrected chi connectivity index (χ4v) is 3.60. The highest BCUT2D eigenvalue weighted by Gasteiger charge is 2.20. The summed E-state index contributed by atoms with van der Waals surface area (Å²) < 4.78 is 5.66. The van der Waals surface area contributed by atoms with Crippen molar-refractivity contribution in [3.8, 4) is 5.75 Å². The maximum Gasteiger partial charge on any atom is 0.119 e. The molecule has 1 fully saturated rings. The molecule has 1 heteroatoms. The third-order valence-corrected chi connectivity index (χ3v) is 5.02. The summed E-state index contributed by atoms with van der Waals surface area (Å²) in [5, 5.41) is 0. The van der Waals surface area contributed by atoms with E-state index in [1.807, 2.05) is 6.08 Å². The molecule has 1 saturated carbocycles. The molecule has 0 saturated heterocycles. The van der Waals surface area contributed by atoms with E-state index in [1.54, 1.807) is 0 Å². The van der Waals surface area contributed by atoms with Crippen molar-refractivity contribution < 1.29 is 4.74 Å². The molecule has 22 heavy (non-hydrogen) atoms. The number of hydrogen-bond acceptors (Lipinski definition) is 1. The lowest BCUT2D eigenvalue weighted by atomic mass is 9.78. The first-order valence-corrected chi connectivity index (χ1v) is 9.14. The van der Waals surface area contributed by atoms with Crippen LogP contribution < -0.4 is 4.74 Å². The highest BCUT2D eigenvalue weighted by atomic mass is 16.5. The van der Waals surface area contributed by atoms with Crippen molar-refractivity contribution in [2.24, 2.45) is 11.8 Å². The third kappa shape index (κ3) is 5.87. The zero-order valence-electron chi connectivity index (χ0n) is 14.2. The van der Waals surface area contributed by atoms with Crippen LogP contribution in [0.5, 0.6) is 5.75 Å². The van der Waals surface area contributed by atoms with Crippen molar-refractivity contribution >= 4 is 0 Å². The summed E-state index contributed by atoms with van der Waals surface area (Å²) in [5.41, 5.74) is 1.45. The Morgan fingerprint density at radius 2 is 1.68 bits per heavy atom. The normalized spacial score (nSPS) is 21.5. The molecule has 1 nitrogen and oxygen atoms in total. The highest BCUT2D eigenvalue weighted by Crippen LogP contribution is 2.33. The monoisotopic (exact) mass is 300 g/mol. The summed E-state index contributed by atoms with van der Waals surface area (Å²) in [6.45, 7) is 6.75. The summed E-state index contributed by atoms with van der Waals surface area (Å²) in [6, 6.07) is 8.67. The second-order valence-corrected chi connectivity index (χ2v) is 6.78. The Kier molecular flexibility index (Phi) is 7.56. The van der Waals surface area contributed by atoms with Gasteiger partial charge in [-0.15, -0.1) is 6.58 Å². The van der Waals surface area contributed by atoms with Crippen LogP contribution in [0.15, 0.2) is 36.9 Å². The van der Waals surface area contributed by atoms with E-state index in [9.17, 15) is 0 Å². The fraction of sp³-hybridized carbons (Fsp3) is 0.619. The minimum Gasteiger partial charge on any atom is -0.493 e. The summed E-state index contributed by atoms with van der Waals surface area (Å²) in [6.07, 6.45) is 14.0. The lowest BCUT2D eigenvalue weighted by Gasteiger charge is -2.28. The second-order valence-electron chi connectivity index (χ2n) is 6.78. The van der Waals surface area contributed by atoms with Crippen LogP contribution in [0, 0.1) is 11.8 Å². The first-order chi connectivity index (χ1) is 10.8. The molecule has 1 aliphatic rings. The molecule has 2 rings (SSSR count). The van der Waals surface area contributed by atoms with Gasteiger partial charge in [-0.05, 0) is 48.8 Å². The average Bonchev–Trinajstić information content (AvgIpc) is 2.56. The van der Waals surface area contributed by atoms with Crippen LogP contribution in [-0.4, -0.2) is 6.61 Å². The summed E-state index contributed by atoms with van der Waals surface area (Å²) in [5.74, 6) is 2.95. The Morgan fingerprint density at radius 1 is 1.05 bits per heavy atom. The third-order valence-electron chi connectivity index (χ3n) is 5.02. The molecular formula is C21H32O. The molecule has 0 radical (unpaired) electrons. The van der Waals surface area contributed by atoms with Crippen LogP contribution in [0.2, 0.25) is 0 Å². The zero-order valence-corrected chi connectivity index (χ0v) is 14.2. The van der Waals surface area contributed by atoms with E-state index in [0.717, 1.165) is 30.6 Å². The number of ether oxygens (including phenoxy) is 1. The van der Waals surface area contributed by atoms with E-state index in [-0.39, 0.29) is 0 Å². The maximum atomic E-state index is 5.66. The van der Waals surface area contributed by atoms with Crippen molar-refractivity contribution in [3.05, 3.63) is 42.5 Å². The van der Waals surface area contributed by atoms with E-state index >= 15 is 0 Å². The fourth-order valence-electron chi connectivity index (χ4n) is 3.60. The molecule has 0 aromatic heterocycles. The number of aryl methyl sites for hydroxylation is 1. The van der Waals surface area contributed by atoms with Crippen LogP contribution in [0.3, 0.4) is 0 Å². The Morgan fingerprint density at radius 3 is 2.27 bits per heavy atom. The number of rotatable bonds is 9. The molecule has 0 amide bonds. The zero-order chi connectivity index (χ0) is 15.6. The summed E-state index contributed by atoms with van der Waals surface area (Å²) in [4.78, 5) is 0. The SMILES string of the molecule is C=CCCOc1ccc(CC[C@H]2CC[C@H](CCC)CC2)cc1.